The van der Waals surface area contributed by atoms with Crippen molar-refractivity contribution in [3.63, 3.8) is 0 Å². The lowest BCUT2D eigenvalue weighted by Crippen LogP contribution is -2.43. The third-order valence-electron chi connectivity index (χ3n) is 6.67. The standard InChI is InChI=1S/C27H43ClN8O3Si/c1-17-21(15-35(5)34-17)31-25-32-23(30-19-11-18(12-19)13-29-26(37)39-27(2,3)4)22-20(28)14-36(24(22)33-25)16-38-9-10-40(6,7)8/h14-15,18-19H,9-13,16H2,1-8H3,(H,29,37)(H2,30,31,32,33). The Hall–Kier alpha value is -2.83. The van der Waals surface area contributed by atoms with Crippen LogP contribution in [0.3, 0.4) is 0 Å². The van der Waals surface area contributed by atoms with Crippen molar-refractivity contribution in [2.45, 2.75) is 84.6 Å². The van der Waals surface area contributed by atoms with Crippen LogP contribution in [0.1, 0.15) is 39.3 Å². The van der Waals surface area contributed by atoms with E-state index in [9.17, 15) is 4.79 Å². The number of rotatable bonds is 11. The first kappa shape index (κ1) is 30.1. The number of ether oxygens (including phenoxy) is 2. The van der Waals surface area contributed by atoms with Crippen molar-refractivity contribution < 1.29 is 14.3 Å². The Balaban J connectivity index is 1.49. The van der Waals surface area contributed by atoms with Gasteiger partial charge < -0.3 is 30.0 Å². The van der Waals surface area contributed by atoms with Gasteiger partial charge in [-0.05, 0) is 52.5 Å². The SMILES string of the molecule is Cc1nn(C)cc1Nc1nc(NC2CC(CNC(=O)OC(C)(C)C)C2)c2c(Cl)cn(COCC[Si](C)(C)C)c2n1. The predicted octanol–water partition coefficient (Wildman–Crippen LogP) is 5.90. The number of hydrogen-bond acceptors (Lipinski definition) is 8. The molecular formula is C27H43ClN8O3Si. The third-order valence-corrected chi connectivity index (χ3v) is 8.66. The van der Waals surface area contributed by atoms with Crippen LogP contribution in [-0.2, 0) is 23.3 Å². The van der Waals surface area contributed by atoms with Crippen LogP contribution in [0.2, 0.25) is 30.7 Å². The van der Waals surface area contributed by atoms with E-state index < -0.39 is 13.7 Å². The summed E-state index contributed by atoms with van der Waals surface area (Å²) in [6, 6.07) is 1.28. The Morgan fingerprint density at radius 3 is 2.55 bits per heavy atom. The summed E-state index contributed by atoms with van der Waals surface area (Å²) in [5.41, 5.74) is 1.87. The second-order valence-electron chi connectivity index (χ2n) is 12.9. The van der Waals surface area contributed by atoms with Crippen molar-refractivity contribution in [3.8, 4) is 0 Å². The smallest absolute Gasteiger partial charge is 0.407 e. The van der Waals surface area contributed by atoms with E-state index in [4.69, 9.17) is 31.0 Å². The number of hydrogen-bond donors (Lipinski definition) is 3. The van der Waals surface area contributed by atoms with Crippen LogP contribution in [0.25, 0.3) is 11.0 Å². The number of carbonyl (C=O) groups is 1. The fraction of sp³-hybridized carbons (Fsp3) is 0.630. The summed E-state index contributed by atoms with van der Waals surface area (Å²) < 4.78 is 15.1. The normalized spacial score (nSPS) is 17.5. The first-order valence-electron chi connectivity index (χ1n) is 13.8. The molecule has 0 atom stereocenters. The van der Waals surface area contributed by atoms with Crippen LogP contribution < -0.4 is 16.0 Å². The number of fused-ring (bicyclic) bond motifs is 1. The summed E-state index contributed by atoms with van der Waals surface area (Å²) in [4.78, 5) is 21.7. The summed E-state index contributed by atoms with van der Waals surface area (Å²) in [7, 11) is 0.680. The largest absolute Gasteiger partial charge is 0.444 e. The van der Waals surface area contributed by atoms with Crippen molar-refractivity contribution in [3.05, 3.63) is 23.1 Å². The van der Waals surface area contributed by atoms with Gasteiger partial charge >= 0.3 is 6.09 Å². The summed E-state index contributed by atoms with van der Waals surface area (Å²) in [6.07, 6.45) is 5.15. The zero-order valence-electron chi connectivity index (χ0n) is 24.9. The minimum atomic E-state index is -1.20. The second-order valence-corrected chi connectivity index (χ2v) is 18.9. The molecule has 3 aromatic rings. The lowest BCUT2D eigenvalue weighted by Gasteiger charge is -2.36. The fourth-order valence-corrected chi connectivity index (χ4v) is 5.59. The Kier molecular flexibility index (Phi) is 9.01. The lowest BCUT2D eigenvalue weighted by atomic mass is 9.80. The molecule has 1 fully saturated rings. The van der Waals surface area contributed by atoms with Crippen molar-refractivity contribution in [2.24, 2.45) is 13.0 Å². The highest BCUT2D eigenvalue weighted by Gasteiger charge is 2.31. The zero-order valence-corrected chi connectivity index (χ0v) is 26.6. The maximum atomic E-state index is 12.0. The third kappa shape index (κ3) is 8.11. The average Bonchev–Trinajstić information content (AvgIpc) is 3.28. The maximum Gasteiger partial charge on any atom is 0.407 e. The van der Waals surface area contributed by atoms with Crippen LogP contribution in [0, 0.1) is 12.8 Å². The van der Waals surface area contributed by atoms with Crippen LogP contribution in [0.4, 0.5) is 22.2 Å². The van der Waals surface area contributed by atoms with E-state index in [2.05, 4.69) is 40.7 Å². The second kappa shape index (κ2) is 12.0. The summed E-state index contributed by atoms with van der Waals surface area (Å²) in [5.74, 6) is 1.48. The van der Waals surface area contributed by atoms with E-state index in [1.807, 2.05) is 51.7 Å². The average molecular weight is 591 g/mol. The highest BCUT2D eigenvalue weighted by Crippen LogP contribution is 2.36. The highest BCUT2D eigenvalue weighted by molar-refractivity contribution is 6.76. The molecule has 4 rings (SSSR count). The fourth-order valence-electron chi connectivity index (χ4n) is 4.54. The lowest BCUT2D eigenvalue weighted by molar-refractivity contribution is 0.0508. The molecule has 0 aromatic carbocycles. The van der Waals surface area contributed by atoms with Gasteiger partial charge in [0.2, 0.25) is 5.95 Å². The van der Waals surface area contributed by atoms with Gasteiger partial charge in [-0.25, -0.2) is 4.79 Å². The molecule has 13 heteroatoms. The molecule has 0 bridgehead atoms. The molecule has 40 heavy (non-hydrogen) atoms. The van der Waals surface area contributed by atoms with Crippen LogP contribution in [0.5, 0.6) is 0 Å². The Morgan fingerprint density at radius 1 is 1.20 bits per heavy atom. The molecule has 220 valence electrons. The molecule has 0 unspecified atom stereocenters. The van der Waals surface area contributed by atoms with E-state index in [-0.39, 0.29) is 12.1 Å². The van der Waals surface area contributed by atoms with Crippen LogP contribution in [0.15, 0.2) is 12.4 Å². The molecule has 1 aliphatic carbocycles. The molecule has 0 radical (unpaired) electrons. The number of nitrogens with one attached hydrogen (secondary N) is 3. The summed E-state index contributed by atoms with van der Waals surface area (Å²) in [5, 5.41) is 15.5. The van der Waals surface area contributed by atoms with E-state index in [1.165, 1.54) is 0 Å². The van der Waals surface area contributed by atoms with E-state index in [0.29, 0.717) is 48.2 Å². The van der Waals surface area contributed by atoms with Gasteiger partial charge in [-0.1, -0.05) is 31.2 Å². The first-order chi connectivity index (χ1) is 18.7. The monoisotopic (exact) mass is 590 g/mol. The molecule has 1 amide bonds. The molecule has 3 N–H and O–H groups in total. The summed E-state index contributed by atoms with van der Waals surface area (Å²) >= 11 is 6.74. The van der Waals surface area contributed by atoms with Crippen molar-refractivity contribution in [2.75, 3.05) is 23.8 Å². The topological polar surface area (TPSA) is 120 Å². The Bertz CT molecular complexity index is 1340. The molecule has 1 saturated carbocycles. The Labute approximate surface area is 242 Å². The number of carbonyl (C=O) groups excluding carboxylic acids is 1. The summed E-state index contributed by atoms with van der Waals surface area (Å²) in [6.45, 7) is 16.1. The van der Waals surface area contributed by atoms with E-state index in [0.717, 1.165) is 35.7 Å². The van der Waals surface area contributed by atoms with Crippen LogP contribution in [-0.4, -0.2) is 63.3 Å². The molecule has 3 heterocycles. The zero-order chi connectivity index (χ0) is 29.2. The molecular weight excluding hydrogens is 548 g/mol. The predicted molar refractivity (Wildman–Crippen MR) is 162 cm³/mol. The number of aryl methyl sites for hydroxylation is 2. The van der Waals surface area contributed by atoms with Crippen molar-refractivity contribution in [1.82, 2.24) is 29.6 Å². The minimum absolute atomic E-state index is 0.198. The molecule has 0 saturated heterocycles. The van der Waals surface area contributed by atoms with Gasteiger partial charge in [0.25, 0.3) is 0 Å². The van der Waals surface area contributed by atoms with Gasteiger partial charge in [0.1, 0.15) is 18.1 Å². The minimum Gasteiger partial charge on any atom is -0.444 e. The molecule has 1 aliphatic rings. The maximum absolute atomic E-state index is 12.0. The number of amides is 1. The Morgan fingerprint density at radius 2 is 1.93 bits per heavy atom. The van der Waals surface area contributed by atoms with Crippen LogP contribution >= 0.6 is 11.6 Å². The van der Waals surface area contributed by atoms with Crippen molar-refractivity contribution in [1.29, 1.82) is 0 Å². The number of halogens is 1. The van der Waals surface area contributed by atoms with Gasteiger partial charge in [-0.3, -0.25) is 4.68 Å². The number of alkyl carbamates (subject to hydrolysis) is 1. The van der Waals surface area contributed by atoms with Gasteiger partial charge in [-0.2, -0.15) is 15.1 Å². The molecule has 0 aliphatic heterocycles. The van der Waals surface area contributed by atoms with Gasteiger partial charge in [0, 0.05) is 46.7 Å². The molecule has 0 spiro atoms. The van der Waals surface area contributed by atoms with Gasteiger partial charge in [0.05, 0.1) is 21.8 Å². The van der Waals surface area contributed by atoms with Gasteiger partial charge in [-0.15, -0.1) is 0 Å². The van der Waals surface area contributed by atoms with Gasteiger partial charge in [0.15, 0.2) is 5.65 Å². The first-order valence-corrected chi connectivity index (χ1v) is 17.9. The molecule has 11 nitrogen and oxygen atoms in total. The van der Waals surface area contributed by atoms with E-state index in [1.54, 1.807) is 4.68 Å². The number of anilines is 3. The number of nitrogens with zero attached hydrogens (tertiary/aromatic N) is 5. The number of aromatic nitrogens is 5. The van der Waals surface area contributed by atoms with Crippen molar-refractivity contribution >= 4 is 54.3 Å². The van der Waals surface area contributed by atoms with E-state index >= 15 is 0 Å². The quantitative estimate of drug-likeness (QED) is 0.186. The molecule has 3 aromatic heterocycles. The highest BCUT2D eigenvalue weighted by atomic mass is 35.5.